The quantitative estimate of drug-likeness (QED) is 0.603. The number of likely N-dealkylation sites (N-methyl/N-ethyl adjacent to an activating group) is 1. The van der Waals surface area contributed by atoms with Crippen LogP contribution in [0.2, 0.25) is 0 Å². The first-order valence-electron chi connectivity index (χ1n) is 11.9. The third-order valence-electron chi connectivity index (χ3n) is 6.48. The second kappa shape index (κ2) is 11.1. The Morgan fingerprint density at radius 3 is 2.76 bits per heavy atom. The number of piperidine rings is 1. The van der Waals surface area contributed by atoms with Crippen molar-refractivity contribution >= 4 is 22.8 Å². The lowest BCUT2D eigenvalue weighted by Crippen LogP contribution is -2.54. The van der Waals surface area contributed by atoms with Gasteiger partial charge in [0.05, 0.1) is 30.2 Å². The van der Waals surface area contributed by atoms with Gasteiger partial charge in [-0.2, -0.15) is 0 Å². The number of rotatable bonds is 8. The van der Waals surface area contributed by atoms with Crippen molar-refractivity contribution in [3.8, 4) is 0 Å². The summed E-state index contributed by atoms with van der Waals surface area (Å²) >= 11 is 0. The molecule has 180 valence electrons. The summed E-state index contributed by atoms with van der Waals surface area (Å²) < 4.78 is 12.5. The van der Waals surface area contributed by atoms with E-state index in [2.05, 4.69) is 15.2 Å². The molecule has 2 saturated heterocycles. The van der Waals surface area contributed by atoms with Crippen molar-refractivity contribution in [3.63, 3.8) is 0 Å². The number of carbonyl (C=O) groups excluding carboxylic acids is 2. The first kappa shape index (κ1) is 23.7. The number of hydrogen-bond acceptors (Lipinski definition) is 6. The maximum atomic E-state index is 13.3. The average Bonchev–Trinajstić information content (AvgIpc) is 3.20. The fourth-order valence-corrected chi connectivity index (χ4v) is 4.89. The van der Waals surface area contributed by atoms with E-state index >= 15 is 0 Å². The number of methoxy groups -OCH3 is 1. The molecular formula is C24H35N5O4. The molecular weight excluding hydrogens is 422 g/mol. The molecule has 2 aliphatic heterocycles. The van der Waals surface area contributed by atoms with Gasteiger partial charge in [0.15, 0.2) is 5.82 Å². The highest BCUT2D eigenvalue weighted by molar-refractivity contribution is 5.95. The molecule has 2 aromatic rings. The Morgan fingerprint density at radius 1 is 1.18 bits per heavy atom. The number of aryl methyl sites for hydroxylation is 1. The highest BCUT2D eigenvalue weighted by atomic mass is 16.5. The van der Waals surface area contributed by atoms with Crippen LogP contribution in [0.5, 0.6) is 0 Å². The second-order valence-electron chi connectivity index (χ2n) is 9.04. The average molecular weight is 458 g/mol. The third kappa shape index (κ3) is 5.72. The molecule has 0 spiro atoms. The minimum atomic E-state index is -0.184. The summed E-state index contributed by atoms with van der Waals surface area (Å²) in [7, 11) is 3.70. The van der Waals surface area contributed by atoms with Gasteiger partial charge in [-0.15, -0.1) is 0 Å². The molecule has 33 heavy (non-hydrogen) atoms. The maximum Gasteiger partial charge on any atom is 0.287 e. The summed E-state index contributed by atoms with van der Waals surface area (Å²) in [6.45, 7) is 5.29. The number of nitrogens with one attached hydrogen (secondary N) is 1. The smallest absolute Gasteiger partial charge is 0.287 e. The van der Waals surface area contributed by atoms with Gasteiger partial charge in [0.2, 0.25) is 5.91 Å². The molecule has 2 aliphatic rings. The lowest BCUT2D eigenvalue weighted by molar-refractivity contribution is -0.141. The fraction of sp³-hybridized carbons (Fsp3) is 0.625. The van der Waals surface area contributed by atoms with Crippen molar-refractivity contribution < 1.29 is 19.1 Å². The number of fused-ring (bicyclic) bond motifs is 1. The van der Waals surface area contributed by atoms with Gasteiger partial charge < -0.3 is 29.2 Å². The van der Waals surface area contributed by atoms with Crippen LogP contribution in [0.3, 0.4) is 0 Å². The number of imidazole rings is 1. The molecule has 0 aliphatic carbocycles. The molecule has 0 bridgehead atoms. The number of nitrogens with zero attached hydrogens (tertiary/aromatic N) is 4. The highest BCUT2D eigenvalue weighted by Crippen LogP contribution is 2.21. The minimum Gasteiger partial charge on any atom is -0.385 e. The highest BCUT2D eigenvalue weighted by Gasteiger charge is 2.34. The minimum absolute atomic E-state index is 0.104. The van der Waals surface area contributed by atoms with E-state index in [0.29, 0.717) is 64.8 Å². The van der Waals surface area contributed by atoms with E-state index in [9.17, 15) is 9.59 Å². The molecule has 0 unspecified atom stereocenters. The maximum absolute atomic E-state index is 13.3. The van der Waals surface area contributed by atoms with Crippen molar-refractivity contribution in [3.05, 3.63) is 30.1 Å². The number of para-hydroxylation sites is 2. The Balaban J connectivity index is 1.46. The summed E-state index contributed by atoms with van der Waals surface area (Å²) in [5, 5.41) is 3.17. The molecule has 1 N–H and O–H groups in total. The van der Waals surface area contributed by atoms with Gasteiger partial charge in [-0.1, -0.05) is 12.1 Å². The Labute approximate surface area is 195 Å². The van der Waals surface area contributed by atoms with Gasteiger partial charge in [-0.05, 0) is 38.4 Å². The standard InChI is InChI=1S/C24H35N5O4/c1-27-16-18(24(31)28-10-13-33-14-11-28)15-19(17-27)25-23(30)22-26-20-7-3-4-8-21(20)29(22)9-5-6-12-32-2/h3-4,7-8,18-19H,5-6,9-17H2,1-2H3,(H,25,30)/t18-,19+/m1/s1. The molecule has 4 rings (SSSR count). The van der Waals surface area contributed by atoms with Gasteiger partial charge >= 0.3 is 0 Å². The predicted molar refractivity (Wildman–Crippen MR) is 125 cm³/mol. The second-order valence-corrected chi connectivity index (χ2v) is 9.04. The Morgan fingerprint density at radius 2 is 1.97 bits per heavy atom. The van der Waals surface area contributed by atoms with Crippen LogP contribution in [0.25, 0.3) is 11.0 Å². The van der Waals surface area contributed by atoms with E-state index in [1.807, 2.05) is 40.8 Å². The van der Waals surface area contributed by atoms with Crippen LogP contribution in [0.15, 0.2) is 24.3 Å². The fourth-order valence-electron chi connectivity index (χ4n) is 4.89. The SMILES string of the molecule is COCCCCn1c(C(=O)N[C@H]2C[C@@H](C(=O)N3CCOCC3)CN(C)C2)nc2ccccc21. The van der Waals surface area contributed by atoms with E-state index in [1.165, 1.54) is 0 Å². The van der Waals surface area contributed by atoms with Crippen LogP contribution < -0.4 is 5.32 Å². The number of hydrogen-bond donors (Lipinski definition) is 1. The Hall–Kier alpha value is -2.49. The Bertz CT molecular complexity index is 955. The largest absolute Gasteiger partial charge is 0.385 e. The first-order valence-corrected chi connectivity index (χ1v) is 11.9. The van der Waals surface area contributed by atoms with Gasteiger partial charge in [0.25, 0.3) is 5.91 Å². The first-order chi connectivity index (χ1) is 16.1. The zero-order valence-electron chi connectivity index (χ0n) is 19.7. The summed E-state index contributed by atoms with van der Waals surface area (Å²) in [6, 6.07) is 7.73. The van der Waals surface area contributed by atoms with E-state index < -0.39 is 0 Å². The number of likely N-dealkylation sites (tertiary alicyclic amines) is 1. The number of benzene rings is 1. The molecule has 2 amide bonds. The molecule has 9 nitrogen and oxygen atoms in total. The van der Waals surface area contributed by atoms with Crippen LogP contribution in [0.1, 0.15) is 29.9 Å². The monoisotopic (exact) mass is 457 g/mol. The summed E-state index contributed by atoms with van der Waals surface area (Å²) in [4.78, 5) is 35.0. The Kier molecular flexibility index (Phi) is 7.95. The molecule has 0 saturated carbocycles. The van der Waals surface area contributed by atoms with Crippen molar-refractivity contribution in [1.29, 1.82) is 0 Å². The van der Waals surface area contributed by atoms with Crippen LogP contribution in [-0.4, -0.2) is 97.4 Å². The molecule has 9 heteroatoms. The number of morpholine rings is 1. The zero-order valence-corrected chi connectivity index (χ0v) is 19.7. The van der Waals surface area contributed by atoms with Crippen molar-refractivity contribution in [2.45, 2.75) is 31.8 Å². The lowest BCUT2D eigenvalue weighted by Gasteiger charge is -2.38. The molecule has 1 aromatic heterocycles. The third-order valence-corrected chi connectivity index (χ3v) is 6.48. The molecule has 2 atom stereocenters. The van der Waals surface area contributed by atoms with Crippen LogP contribution in [0.4, 0.5) is 0 Å². The van der Waals surface area contributed by atoms with Gasteiger partial charge in [0, 0.05) is 52.5 Å². The lowest BCUT2D eigenvalue weighted by atomic mass is 9.93. The molecule has 2 fully saturated rings. The number of amides is 2. The van der Waals surface area contributed by atoms with E-state index in [1.54, 1.807) is 7.11 Å². The summed E-state index contributed by atoms with van der Waals surface area (Å²) in [5.41, 5.74) is 1.77. The normalized spacial score (nSPS) is 21.9. The van der Waals surface area contributed by atoms with Crippen LogP contribution >= 0.6 is 0 Å². The molecule has 1 aromatic carbocycles. The van der Waals surface area contributed by atoms with E-state index in [4.69, 9.17) is 9.47 Å². The van der Waals surface area contributed by atoms with Gasteiger partial charge in [-0.3, -0.25) is 9.59 Å². The number of unbranched alkanes of at least 4 members (excludes halogenated alkanes) is 1. The van der Waals surface area contributed by atoms with Crippen LogP contribution in [-0.2, 0) is 20.8 Å². The van der Waals surface area contributed by atoms with Crippen molar-refractivity contribution in [2.24, 2.45) is 5.92 Å². The van der Waals surface area contributed by atoms with Crippen molar-refractivity contribution in [2.75, 3.05) is 60.2 Å². The van der Waals surface area contributed by atoms with Crippen molar-refractivity contribution in [1.82, 2.24) is 24.7 Å². The van der Waals surface area contributed by atoms with E-state index in [-0.39, 0.29) is 23.8 Å². The summed E-state index contributed by atoms with van der Waals surface area (Å²) in [6.07, 6.45) is 2.46. The topological polar surface area (TPSA) is 88.9 Å². The summed E-state index contributed by atoms with van der Waals surface area (Å²) in [5.74, 6) is 0.281. The molecule has 0 radical (unpaired) electrons. The number of carbonyl (C=O) groups is 2. The van der Waals surface area contributed by atoms with Crippen LogP contribution in [0, 0.1) is 5.92 Å². The number of aromatic nitrogens is 2. The van der Waals surface area contributed by atoms with E-state index in [0.717, 1.165) is 23.9 Å². The molecule has 3 heterocycles. The number of ether oxygens (including phenoxy) is 2. The van der Waals surface area contributed by atoms with Gasteiger partial charge in [-0.25, -0.2) is 4.98 Å². The zero-order chi connectivity index (χ0) is 23.2. The predicted octanol–water partition coefficient (Wildman–Crippen LogP) is 1.37. The van der Waals surface area contributed by atoms with Gasteiger partial charge in [0.1, 0.15) is 0 Å².